The van der Waals surface area contributed by atoms with Crippen LogP contribution < -0.4 is 14.8 Å². The van der Waals surface area contributed by atoms with Crippen molar-refractivity contribution in [3.63, 3.8) is 0 Å². The van der Waals surface area contributed by atoms with Crippen LogP contribution in [0.3, 0.4) is 0 Å². The number of hydrogen-bond acceptors (Lipinski definition) is 7. The highest BCUT2D eigenvalue weighted by atomic mass is 16.6. The van der Waals surface area contributed by atoms with Gasteiger partial charge in [0.25, 0.3) is 0 Å². The van der Waals surface area contributed by atoms with Gasteiger partial charge in [-0.15, -0.1) is 0 Å². The number of esters is 1. The molecule has 2 aromatic carbocycles. The van der Waals surface area contributed by atoms with Gasteiger partial charge in [0.2, 0.25) is 6.23 Å². The minimum Gasteiger partial charge on any atom is -0.507 e. The van der Waals surface area contributed by atoms with Crippen LogP contribution in [-0.4, -0.2) is 36.4 Å². The van der Waals surface area contributed by atoms with Crippen molar-refractivity contribution in [2.75, 3.05) is 19.5 Å². The molecule has 0 saturated carbocycles. The summed E-state index contributed by atoms with van der Waals surface area (Å²) in [7, 11) is 2.89. The van der Waals surface area contributed by atoms with Crippen LogP contribution in [0.1, 0.15) is 32.5 Å². The molecule has 0 spiro atoms. The first-order chi connectivity index (χ1) is 12.0. The van der Waals surface area contributed by atoms with E-state index < -0.39 is 23.9 Å². The number of fused-ring (bicyclic) bond motifs is 1. The molecule has 25 heavy (non-hydrogen) atoms. The third kappa shape index (κ3) is 2.78. The third-order valence-corrected chi connectivity index (χ3v) is 3.82. The molecule has 3 rings (SSSR count). The quantitative estimate of drug-likeness (QED) is 0.708. The summed E-state index contributed by atoms with van der Waals surface area (Å²) < 4.78 is 15.7. The number of carboxylic acid groups (broad SMARTS) is 1. The van der Waals surface area contributed by atoms with Gasteiger partial charge in [-0.2, -0.15) is 0 Å². The lowest BCUT2D eigenvalue weighted by Crippen LogP contribution is -2.10. The zero-order chi connectivity index (χ0) is 18.1. The maximum Gasteiger partial charge on any atom is 0.344 e. The predicted octanol–water partition coefficient (Wildman–Crippen LogP) is 2.39. The van der Waals surface area contributed by atoms with Gasteiger partial charge in [-0.25, -0.2) is 9.59 Å². The molecule has 1 atom stereocenters. The van der Waals surface area contributed by atoms with Crippen molar-refractivity contribution >= 4 is 17.6 Å². The Kier molecular flexibility index (Phi) is 4.10. The monoisotopic (exact) mass is 345 g/mol. The van der Waals surface area contributed by atoms with Crippen molar-refractivity contribution < 1.29 is 34.0 Å². The highest BCUT2D eigenvalue weighted by Crippen LogP contribution is 2.42. The molecule has 0 fully saturated rings. The van der Waals surface area contributed by atoms with E-state index in [1.165, 1.54) is 32.4 Å². The fraction of sp³-hybridized carbons (Fsp3) is 0.176. The summed E-state index contributed by atoms with van der Waals surface area (Å²) in [5.41, 5.74) is 0.971. The Bertz CT molecular complexity index is 862. The molecule has 2 aromatic rings. The first-order valence-corrected chi connectivity index (χ1v) is 7.25. The molecule has 8 nitrogen and oxygen atoms in total. The summed E-state index contributed by atoms with van der Waals surface area (Å²) in [6, 6.07) is 7.29. The number of aromatic carboxylic acids is 1. The van der Waals surface area contributed by atoms with Gasteiger partial charge in [0.05, 0.1) is 14.2 Å². The van der Waals surface area contributed by atoms with E-state index in [4.69, 9.17) is 19.3 Å². The first-order valence-electron chi connectivity index (χ1n) is 7.25. The highest BCUT2D eigenvalue weighted by molar-refractivity contribution is 5.98. The minimum atomic E-state index is -1.24. The van der Waals surface area contributed by atoms with Gasteiger partial charge in [-0.3, -0.25) is 0 Å². The molecule has 1 aliphatic heterocycles. The summed E-state index contributed by atoms with van der Waals surface area (Å²) in [6.45, 7) is 0. The smallest absolute Gasteiger partial charge is 0.344 e. The van der Waals surface area contributed by atoms with Crippen LogP contribution in [0.4, 0.5) is 5.69 Å². The van der Waals surface area contributed by atoms with E-state index in [1.807, 2.05) is 0 Å². The Hall–Kier alpha value is -3.42. The number of phenols is 1. The maximum atomic E-state index is 12.2. The van der Waals surface area contributed by atoms with Gasteiger partial charge in [0.15, 0.2) is 11.5 Å². The molecule has 1 unspecified atom stereocenters. The molecule has 8 heteroatoms. The van der Waals surface area contributed by atoms with E-state index in [0.717, 1.165) is 0 Å². The van der Waals surface area contributed by atoms with Crippen molar-refractivity contribution in [2.24, 2.45) is 0 Å². The number of carboxylic acids is 1. The number of carbonyl (C=O) groups excluding carboxylic acids is 1. The Morgan fingerprint density at radius 2 is 1.96 bits per heavy atom. The van der Waals surface area contributed by atoms with Gasteiger partial charge in [-0.1, -0.05) is 0 Å². The number of hydrogen-bond donors (Lipinski definition) is 3. The molecule has 0 radical (unpaired) electrons. The summed E-state index contributed by atoms with van der Waals surface area (Å²) in [4.78, 5) is 23.1. The van der Waals surface area contributed by atoms with Crippen molar-refractivity contribution in [3.8, 4) is 17.2 Å². The Morgan fingerprint density at radius 1 is 1.20 bits per heavy atom. The summed E-state index contributed by atoms with van der Waals surface area (Å²) >= 11 is 0. The first kappa shape index (κ1) is 16.4. The molecule has 130 valence electrons. The van der Waals surface area contributed by atoms with Crippen LogP contribution in [-0.2, 0) is 4.74 Å². The number of ether oxygens (including phenoxy) is 3. The van der Waals surface area contributed by atoms with Gasteiger partial charge in [0, 0.05) is 17.3 Å². The van der Waals surface area contributed by atoms with Crippen molar-refractivity contribution in [1.29, 1.82) is 0 Å². The lowest BCUT2D eigenvalue weighted by molar-refractivity contribution is 0.0435. The molecule has 0 aromatic heterocycles. The highest BCUT2D eigenvalue weighted by Gasteiger charge is 2.36. The van der Waals surface area contributed by atoms with Crippen LogP contribution in [0.5, 0.6) is 17.2 Å². The zero-order valence-electron chi connectivity index (χ0n) is 13.4. The fourth-order valence-corrected chi connectivity index (χ4v) is 2.66. The van der Waals surface area contributed by atoms with Crippen LogP contribution >= 0.6 is 0 Å². The van der Waals surface area contributed by atoms with Crippen molar-refractivity contribution in [2.45, 2.75) is 6.23 Å². The SMILES string of the molecule is COc1ccc2c(c1OC)C(=O)OC2Nc1ccc(C(=O)O)c(O)c1. The van der Waals surface area contributed by atoms with Crippen molar-refractivity contribution in [1.82, 2.24) is 0 Å². The Morgan fingerprint density at radius 3 is 2.56 bits per heavy atom. The molecule has 1 heterocycles. The van der Waals surface area contributed by atoms with Gasteiger partial charge in [-0.05, 0) is 24.3 Å². The number of cyclic esters (lactones) is 1. The van der Waals surface area contributed by atoms with E-state index in [0.29, 0.717) is 17.0 Å². The molecule has 0 aliphatic carbocycles. The molecule has 0 amide bonds. The van der Waals surface area contributed by atoms with E-state index >= 15 is 0 Å². The van der Waals surface area contributed by atoms with E-state index in [-0.39, 0.29) is 16.9 Å². The number of rotatable bonds is 5. The van der Waals surface area contributed by atoms with Crippen LogP contribution in [0.2, 0.25) is 0 Å². The Labute approximate surface area is 142 Å². The summed E-state index contributed by atoms with van der Waals surface area (Å²) in [5.74, 6) is -1.52. The third-order valence-electron chi connectivity index (χ3n) is 3.82. The van der Waals surface area contributed by atoms with Crippen LogP contribution in [0, 0.1) is 0 Å². The predicted molar refractivity (Wildman–Crippen MR) is 86.4 cm³/mol. The normalized spacial score (nSPS) is 15.3. The second kappa shape index (κ2) is 6.23. The Balaban J connectivity index is 1.94. The number of anilines is 1. The van der Waals surface area contributed by atoms with E-state index in [2.05, 4.69) is 5.32 Å². The van der Waals surface area contributed by atoms with Gasteiger partial charge >= 0.3 is 11.9 Å². The average molecular weight is 345 g/mol. The fourth-order valence-electron chi connectivity index (χ4n) is 2.66. The van der Waals surface area contributed by atoms with E-state index in [9.17, 15) is 14.7 Å². The lowest BCUT2D eigenvalue weighted by atomic mass is 10.1. The van der Waals surface area contributed by atoms with Crippen LogP contribution in [0.15, 0.2) is 30.3 Å². The second-order valence-corrected chi connectivity index (χ2v) is 5.23. The van der Waals surface area contributed by atoms with Crippen LogP contribution in [0.25, 0.3) is 0 Å². The number of methoxy groups -OCH3 is 2. The average Bonchev–Trinajstić information content (AvgIpc) is 2.89. The van der Waals surface area contributed by atoms with Gasteiger partial charge < -0.3 is 29.7 Å². The molecule has 0 bridgehead atoms. The van der Waals surface area contributed by atoms with Gasteiger partial charge in [0.1, 0.15) is 16.9 Å². The number of carbonyl (C=O) groups is 2. The summed E-state index contributed by atoms with van der Waals surface area (Å²) in [6.07, 6.45) is -0.808. The zero-order valence-corrected chi connectivity index (χ0v) is 13.4. The lowest BCUT2D eigenvalue weighted by Gasteiger charge is -2.15. The number of aromatic hydroxyl groups is 1. The standard InChI is InChI=1S/C17H15NO7/c1-23-12-6-5-10-13(14(12)24-2)17(22)25-15(10)18-8-3-4-9(16(20)21)11(19)7-8/h3-7,15,18-19H,1-2H3,(H,20,21). The summed E-state index contributed by atoms with van der Waals surface area (Å²) in [5, 5.41) is 21.6. The molecular weight excluding hydrogens is 330 g/mol. The second-order valence-electron chi connectivity index (χ2n) is 5.23. The van der Waals surface area contributed by atoms with Crippen molar-refractivity contribution in [3.05, 3.63) is 47.0 Å². The number of benzene rings is 2. The molecular formula is C17H15NO7. The molecule has 1 aliphatic rings. The molecule has 3 N–H and O–H groups in total. The minimum absolute atomic E-state index is 0.222. The number of nitrogens with one attached hydrogen (secondary N) is 1. The largest absolute Gasteiger partial charge is 0.507 e. The topological polar surface area (TPSA) is 114 Å². The molecule has 0 saturated heterocycles. The van der Waals surface area contributed by atoms with E-state index in [1.54, 1.807) is 12.1 Å². The maximum absolute atomic E-state index is 12.2.